The Bertz CT molecular complexity index is 1190. The van der Waals surface area contributed by atoms with Gasteiger partial charge in [-0.25, -0.2) is 13.6 Å². The van der Waals surface area contributed by atoms with E-state index in [9.17, 15) is 18.4 Å². The summed E-state index contributed by atoms with van der Waals surface area (Å²) in [5.74, 6) is -1.22. The highest BCUT2D eigenvalue weighted by Crippen LogP contribution is 2.34. The lowest BCUT2D eigenvalue weighted by molar-refractivity contribution is -0.126. The number of piperidine rings is 1. The van der Waals surface area contributed by atoms with Crippen molar-refractivity contribution in [2.24, 2.45) is 5.92 Å². The molecular weight excluding hydrogens is 448 g/mol. The van der Waals surface area contributed by atoms with E-state index in [1.807, 2.05) is 30.3 Å². The number of carbonyl (C=O) groups excluding carboxylic acids is 2. The van der Waals surface area contributed by atoms with Crippen molar-refractivity contribution in [2.75, 3.05) is 6.54 Å². The Hall–Kier alpha value is -3.74. The van der Waals surface area contributed by atoms with E-state index in [-0.39, 0.29) is 42.7 Å². The van der Waals surface area contributed by atoms with Crippen molar-refractivity contribution in [3.05, 3.63) is 107 Å². The standard InChI is InChI=1S/C28H29F2N3O2/c1-19-14-22(10-12-25(19)30)26-13-11-23(27(34)31-17-21-8-5-9-24(29)15-21)18-33(26)28(35)32-16-20-6-3-2-4-7-20/h2-10,12,14-15,23,26H,11,13,16-18H2,1H3,(H,31,34)(H,32,35). The van der Waals surface area contributed by atoms with Crippen LogP contribution in [0.1, 0.15) is 41.1 Å². The molecule has 3 aromatic rings. The van der Waals surface area contributed by atoms with Gasteiger partial charge in [-0.1, -0.05) is 54.6 Å². The topological polar surface area (TPSA) is 61.4 Å². The molecule has 1 fully saturated rings. The number of hydrogen-bond acceptors (Lipinski definition) is 2. The third-order valence-electron chi connectivity index (χ3n) is 6.42. The van der Waals surface area contributed by atoms with E-state index in [0.717, 1.165) is 11.1 Å². The predicted molar refractivity (Wildman–Crippen MR) is 130 cm³/mol. The van der Waals surface area contributed by atoms with Gasteiger partial charge in [-0.2, -0.15) is 0 Å². The van der Waals surface area contributed by atoms with Gasteiger partial charge in [-0.05, 0) is 60.2 Å². The van der Waals surface area contributed by atoms with Crippen molar-refractivity contribution >= 4 is 11.9 Å². The summed E-state index contributed by atoms with van der Waals surface area (Å²) in [6, 6.07) is 20.0. The first-order valence-corrected chi connectivity index (χ1v) is 11.8. The first-order valence-electron chi connectivity index (χ1n) is 11.8. The normalized spacial score (nSPS) is 17.6. The Balaban J connectivity index is 1.47. The number of nitrogens with zero attached hydrogens (tertiary/aromatic N) is 1. The van der Waals surface area contributed by atoms with E-state index in [0.29, 0.717) is 30.5 Å². The van der Waals surface area contributed by atoms with Crippen LogP contribution in [0.2, 0.25) is 0 Å². The first kappa shape index (κ1) is 24.4. The minimum atomic E-state index is -0.399. The van der Waals surface area contributed by atoms with Crippen LogP contribution in [0.3, 0.4) is 0 Å². The summed E-state index contributed by atoms with van der Waals surface area (Å²) in [6.45, 7) is 2.51. The number of aryl methyl sites for hydroxylation is 1. The van der Waals surface area contributed by atoms with E-state index in [2.05, 4.69) is 10.6 Å². The van der Waals surface area contributed by atoms with Crippen LogP contribution in [0.25, 0.3) is 0 Å². The molecule has 182 valence electrons. The summed E-state index contributed by atoms with van der Waals surface area (Å²) in [5, 5.41) is 5.83. The average Bonchev–Trinajstić information content (AvgIpc) is 2.88. The molecule has 0 spiro atoms. The zero-order valence-electron chi connectivity index (χ0n) is 19.6. The number of rotatable bonds is 6. The third-order valence-corrected chi connectivity index (χ3v) is 6.42. The smallest absolute Gasteiger partial charge is 0.318 e. The van der Waals surface area contributed by atoms with Gasteiger partial charge in [0, 0.05) is 19.6 Å². The van der Waals surface area contributed by atoms with Gasteiger partial charge in [0.05, 0.1) is 12.0 Å². The zero-order valence-corrected chi connectivity index (χ0v) is 19.6. The number of likely N-dealkylation sites (tertiary alicyclic amines) is 1. The molecule has 2 atom stereocenters. The lowest BCUT2D eigenvalue weighted by Crippen LogP contribution is -2.50. The van der Waals surface area contributed by atoms with Crippen molar-refractivity contribution in [3.63, 3.8) is 0 Å². The fraction of sp³-hybridized carbons (Fsp3) is 0.286. The number of carbonyl (C=O) groups is 2. The van der Waals surface area contributed by atoms with Crippen molar-refractivity contribution < 1.29 is 18.4 Å². The van der Waals surface area contributed by atoms with Gasteiger partial charge in [0.25, 0.3) is 0 Å². The monoisotopic (exact) mass is 477 g/mol. The molecule has 0 radical (unpaired) electrons. The number of amides is 3. The molecule has 0 bridgehead atoms. The maximum atomic E-state index is 13.9. The van der Waals surface area contributed by atoms with Crippen molar-refractivity contribution in [1.82, 2.24) is 15.5 Å². The van der Waals surface area contributed by atoms with Gasteiger partial charge in [0.2, 0.25) is 5.91 Å². The molecule has 1 saturated heterocycles. The number of nitrogens with one attached hydrogen (secondary N) is 2. The van der Waals surface area contributed by atoms with Gasteiger partial charge in [0.15, 0.2) is 0 Å². The molecule has 0 saturated carbocycles. The summed E-state index contributed by atoms with van der Waals surface area (Å²) in [7, 11) is 0. The fourth-order valence-electron chi connectivity index (χ4n) is 4.49. The lowest BCUT2D eigenvalue weighted by atomic mass is 9.88. The SMILES string of the molecule is Cc1cc(C2CCC(C(=O)NCc3cccc(F)c3)CN2C(=O)NCc2ccccc2)ccc1F. The van der Waals surface area contributed by atoms with Crippen LogP contribution in [0.15, 0.2) is 72.8 Å². The molecule has 1 aliphatic heterocycles. The van der Waals surface area contributed by atoms with Crippen molar-refractivity contribution in [2.45, 2.75) is 38.9 Å². The number of urea groups is 1. The van der Waals surface area contributed by atoms with Crippen molar-refractivity contribution in [3.8, 4) is 0 Å². The second kappa shape index (κ2) is 11.1. The highest BCUT2D eigenvalue weighted by Gasteiger charge is 2.35. The largest absolute Gasteiger partial charge is 0.352 e. The Morgan fingerprint density at radius 1 is 0.886 bits per heavy atom. The Labute approximate surface area is 204 Å². The Morgan fingerprint density at radius 2 is 1.63 bits per heavy atom. The molecule has 3 aromatic carbocycles. The van der Waals surface area contributed by atoms with Gasteiger partial charge >= 0.3 is 6.03 Å². The molecule has 3 amide bonds. The zero-order chi connectivity index (χ0) is 24.8. The second-order valence-electron chi connectivity index (χ2n) is 8.94. The van der Waals surface area contributed by atoms with Gasteiger partial charge in [-0.3, -0.25) is 4.79 Å². The summed E-state index contributed by atoms with van der Waals surface area (Å²) in [5.41, 5.74) is 3.00. The molecule has 35 heavy (non-hydrogen) atoms. The minimum absolute atomic E-state index is 0.177. The van der Waals surface area contributed by atoms with E-state index in [1.54, 1.807) is 36.1 Å². The number of hydrogen-bond donors (Lipinski definition) is 2. The fourth-order valence-corrected chi connectivity index (χ4v) is 4.49. The Morgan fingerprint density at radius 3 is 2.37 bits per heavy atom. The Kier molecular flexibility index (Phi) is 7.75. The van der Waals surface area contributed by atoms with Crippen LogP contribution in [0.4, 0.5) is 13.6 Å². The molecule has 0 aromatic heterocycles. The lowest BCUT2D eigenvalue weighted by Gasteiger charge is -2.39. The maximum absolute atomic E-state index is 13.9. The maximum Gasteiger partial charge on any atom is 0.318 e. The van der Waals surface area contributed by atoms with Gasteiger partial charge in [0.1, 0.15) is 11.6 Å². The first-order chi connectivity index (χ1) is 16.9. The van der Waals surface area contributed by atoms with Crippen LogP contribution >= 0.6 is 0 Å². The number of halogens is 2. The third kappa shape index (κ3) is 6.23. The van der Waals surface area contributed by atoms with E-state index in [4.69, 9.17) is 0 Å². The highest BCUT2D eigenvalue weighted by atomic mass is 19.1. The van der Waals surface area contributed by atoms with Crippen LogP contribution in [0, 0.1) is 24.5 Å². The van der Waals surface area contributed by atoms with Gasteiger partial charge < -0.3 is 15.5 Å². The molecular formula is C28H29F2N3O2. The van der Waals surface area contributed by atoms with Gasteiger partial charge in [-0.15, -0.1) is 0 Å². The molecule has 4 rings (SSSR count). The molecule has 2 N–H and O–H groups in total. The molecule has 0 aliphatic carbocycles. The summed E-state index contributed by atoms with van der Waals surface area (Å²) < 4.78 is 27.3. The van der Waals surface area contributed by atoms with Crippen LogP contribution in [-0.2, 0) is 17.9 Å². The van der Waals surface area contributed by atoms with Crippen LogP contribution < -0.4 is 10.6 Å². The van der Waals surface area contributed by atoms with Crippen molar-refractivity contribution in [1.29, 1.82) is 0 Å². The van der Waals surface area contributed by atoms with E-state index < -0.39 is 5.92 Å². The summed E-state index contributed by atoms with van der Waals surface area (Å²) >= 11 is 0. The molecule has 2 unspecified atom stereocenters. The highest BCUT2D eigenvalue weighted by molar-refractivity contribution is 5.81. The molecule has 1 aliphatic rings. The summed E-state index contributed by atoms with van der Waals surface area (Å²) in [6.07, 6.45) is 1.15. The summed E-state index contributed by atoms with van der Waals surface area (Å²) in [4.78, 5) is 27.9. The van der Waals surface area contributed by atoms with Crippen LogP contribution in [-0.4, -0.2) is 23.4 Å². The minimum Gasteiger partial charge on any atom is -0.352 e. The predicted octanol–water partition coefficient (Wildman–Crippen LogP) is 5.25. The van der Waals surface area contributed by atoms with E-state index >= 15 is 0 Å². The van der Waals surface area contributed by atoms with E-state index in [1.165, 1.54) is 18.2 Å². The van der Waals surface area contributed by atoms with Crippen LogP contribution in [0.5, 0.6) is 0 Å². The molecule has 1 heterocycles. The number of benzene rings is 3. The second-order valence-corrected chi connectivity index (χ2v) is 8.94. The molecule has 5 nitrogen and oxygen atoms in total. The average molecular weight is 478 g/mol. The molecule has 7 heteroatoms. The quantitative estimate of drug-likeness (QED) is 0.509.